The highest BCUT2D eigenvalue weighted by Gasteiger charge is 2.21. The summed E-state index contributed by atoms with van der Waals surface area (Å²) in [5, 5.41) is 8.48. The number of nitrogens with zero attached hydrogens (tertiary/aromatic N) is 1. The van der Waals surface area contributed by atoms with Crippen LogP contribution in [0.25, 0.3) is 88.0 Å². The smallest absolute Gasteiger partial charge is 0.143 e. The van der Waals surface area contributed by atoms with E-state index in [0.29, 0.717) is 0 Å². The summed E-state index contributed by atoms with van der Waals surface area (Å²) in [5.74, 6) is 0.861. The van der Waals surface area contributed by atoms with E-state index in [4.69, 9.17) is 4.42 Å². The van der Waals surface area contributed by atoms with E-state index < -0.39 is 0 Å². The highest BCUT2D eigenvalue weighted by atomic mass is 16.3. The van der Waals surface area contributed by atoms with Crippen molar-refractivity contribution in [2.45, 2.75) is 0 Å². The fourth-order valence-corrected chi connectivity index (χ4v) is 8.70. The quantitative estimate of drug-likeness (QED) is 0.151. The second-order valence-electron chi connectivity index (χ2n) is 14.9. The molecule has 1 aromatic heterocycles. The summed E-state index contributed by atoms with van der Waals surface area (Å²) in [7, 11) is 0. The molecule has 0 amide bonds. The maximum absolute atomic E-state index is 6.72. The maximum atomic E-state index is 6.72. The number of fused-ring (bicyclic) bond motifs is 5. The van der Waals surface area contributed by atoms with E-state index in [0.717, 1.165) is 50.5 Å². The fraction of sp³-hybridized carbons (Fsp3) is 0. The maximum Gasteiger partial charge on any atom is 0.143 e. The van der Waals surface area contributed by atoms with Gasteiger partial charge in [-0.15, -0.1) is 0 Å². The van der Waals surface area contributed by atoms with Gasteiger partial charge < -0.3 is 9.32 Å². The van der Waals surface area contributed by atoms with Crippen molar-refractivity contribution in [1.29, 1.82) is 0 Å². The molecule has 0 aliphatic rings. The summed E-state index contributed by atoms with van der Waals surface area (Å²) < 4.78 is 6.72. The highest BCUT2D eigenvalue weighted by molar-refractivity contribution is 6.14. The third kappa shape index (κ3) is 5.82. The van der Waals surface area contributed by atoms with Crippen LogP contribution in [-0.4, -0.2) is 0 Å². The number of rotatable bonds is 7. The Bertz CT molecular complexity index is 3260. The number of benzene rings is 10. The predicted molar refractivity (Wildman–Crippen MR) is 245 cm³/mol. The third-order valence-electron chi connectivity index (χ3n) is 11.5. The van der Waals surface area contributed by atoms with Crippen molar-refractivity contribution in [3.05, 3.63) is 224 Å². The molecule has 11 rings (SSSR count). The van der Waals surface area contributed by atoms with Crippen molar-refractivity contribution < 1.29 is 4.42 Å². The van der Waals surface area contributed by atoms with Gasteiger partial charge in [0.05, 0.1) is 5.69 Å². The minimum absolute atomic E-state index is 0.861. The first-order valence-electron chi connectivity index (χ1n) is 19.8. The molecule has 0 radical (unpaired) electrons. The molecule has 0 aliphatic carbocycles. The largest absolute Gasteiger partial charge is 0.455 e. The molecule has 0 bridgehead atoms. The van der Waals surface area contributed by atoms with E-state index in [1.54, 1.807) is 0 Å². The van der Waals surface area contributed by atoms with Gasteiger partial charge in [0.2, 0.25) is 0 Å². The molecule has 0 atom stereocenters. The van der Waals surface area contributed by atoms with Gasteiger partial charge in [-0.05, 0) is 91.1 Å². The minimum atomic E-state index is 0.861. The molecule has 2 heteroatoms. The standard InChI is InChI=1S/C56H37NO/c1-2-15-42(16-3-1)55-52-25-10-11-27-54(52)58-56(55)44-19-12-20-46(36-44)57(53-37-43-17-5-7-22-49(43)50-23-8-9-24-51(50)53)45-34-32-39(33-35-45)38-28-30-41(31-29-38)48-26-13-18-40-14-4-6-21-47(40)48/h1-37H. The van der Waals surface area contributed by atoms with E-state index in [9.17, 15) is 0 Å². The molecule has 0 N–H and O–H groups in total. The van der Waals surface area contributed by atoms with Crippen molar-refractivity contribution in [2.75, 3.05) is 4.90 Å². The Kier molecular flexibility index (Phi) is 8.19. The molecule has 0 unspecified atom stereocenters. The lowest BCUT2D eigenvalue weighted by atomic mass is 9.96. The molecular weight excluding hydrogens is 703 g/mol. The molecule has 0 fully saturated rings. The fourth-order valence-electron chi connectivity index (χ4n) is 8.70. The number of para-hydroxylation sites is 1. The Hall–Kier alpha value is -7.68. The zero-order valence-corrected chi connectivity index (χ0v) is 31.7. The Morgan fingerprint density at radius 3 is 1.67 bits per heavy atom. The zero-order valence-electron chi connectivity index (χ0n) is 31.7. The SMILES string of the molecule is c1ccc(-c2c(-c3cccc(N(c4ccc(-c5ccc(-c6cccc7ccccc67)cc5)cc4)c4cc5ccccc5c5ccccc45)c3)oc3ccccc23)cc1. The average molecular weight is 740 g/mol. The van der Waals surface area contributed by atoms with Gasteiger partial charge in [0.25, 0.3) is 0 Å². The first kappa shape index (κ1) is 33.6. The monoisotopic (exact) mass is 739 g/mol. The molecule has 272 valence electrons. The molecule has 11 aromatic rings. The number of anilines is 3. The highest BCUT2D eigenvalue weighted by Crippen LogP contribution is 2.46. The molecule has 0 aliphatic heterocycles. The van der Waals surface area contributed by atoms with Crippen LogP contribution in [0.15, 0.2) is 229 Å². The van der Waals surface area contributed by atoms with Crippen LogP contribution in [0.4, 0.5) is 17.1 Å². The third-order valence-corrected chi connectivity index (χ3v) is 11.5. The van der Waals surface area contributed by atoms with Crippen molar-refractivity contribution in [3.8, 4) is 44.7 Å². The lowest BCUT2D eigenvalue weighted by Crippen LogP contribution is -2.10. The Balaban J connectivity index is 1.05. The molecule has 1 heterocycles. The molecule has 58 heavy (non-hydrogen) atoms. The van der Waals surface area contributed by atoms with Crippen LogP contribution in [0.3, 0.4) is 0 Å². The summed E-state index contributed by atoms with van der Waals surface area (Å²) in [4.78, 5) is 2.40. The molecule has 0 saturated heterocycles. The van der Waals surface area contributed by atoms with E-state index in [1.165, 1.54) is 54.6 Å². The van der Waals surface area contributed by atoms with Gasteiger partial charge in [-0.1, -0.05) is 188 Å². The molecule has 0 saturated carbocycles. The van der Waals surface area contributed by atoms with Crippen LogP contribution in [-0.2, 0) is 0 Å². The van der Waals surface area contributed by atoms with Crippen LogP contribution in [0.1, 0.15) is 0 Å². The molecule has 10 aromatic carbocycles. The second-order valence-corrected chi connectivity index (χ2v) is 14.9. The molecule has 2 nitrogen and oxygen atoms in total. The first-order valence-corrected chi connectivity index (χ1v) is 19.8. The number of furan rings is 1. The molecule has 0 spiro atoms. The minimum Gasteiger partial charge on any atom is -0.455 e. The van der Waals surface area contributed by atoms with Crippen LogP contribution < -0.4 is 4.90 Å². The topological polar surface area (TPSA) is 16.4 Å². The van der Waals surface area contributed by atoms with E-state index in [2.05, 4.69) is 223 Å². The summed E-state index contributed by atoms with van der Waals surface area (Å²) in [6, 6.07) is 80.5. The molecular formula is C56H37NO. The van der Waals surface area contributed by atoms with Gasteiger partial charge in [-0.25, -0.2) is 0 Å². The Morgan fingerprint density at radius 2 is 0.879 bits per heavy atom. The summed E-state index contributed by atoms with van der Waals surface area (Å²) in [5.41, 5.74) is 12.2. The van der Waals surface area contributed by atoms with Crippen LogP contribution in [0.2, 0.25) is 0 Å². The Morgan fingerprint density at radius 1 is 0.310 bits per heavy atom. The van der Waals surface area contributed by atoms with Crippen LogP contribution >= 0.6 is 0 Å². The lowest BCUT2D eigenvalue weighted by Gasteiger charge is -2.28. The van der Waals surface area contributed by atoms with Crippen LogP contribution in [0.5, 0.6) is 0 Å². The first-order chi connectivity index (χ1) is 28.8. The van der Waals surface area contributed by atoms with Gasteiger partial charge in [-0.2, -0.15) is 0 Å². The van der Waals surface area contributed by atoms with Crippen molar-refractivity contribution in [1.82, 2.24) is 0 Å². The van der Waals surface area contributed by atoms with E-state index in [-0.39, 0.29) is 0 Å². The number of hydrogen-bond donors (Lipinski definition) is 0. The normalized spacial score (nSPS) is 11.4. The summed E-state index contributed by atoms with van der Waals surface area (Å²) in [6.07, 6.45) is 0. The van der Waals surface area contributed by atoms with Crippen molar-refractivity contribution >= 4 is 60.3 Å². The summed E-state index contributed by atoms with van der Waals surface area (Å²) >= 11 is 0. The van der Waals surface area contributed by atoms with Gasteiger partial charge in [0.1, 0.15) is 11.3 Å². The summed E-state index contributed by atoms with van der Waals surface area (Å²) in [6.45, 7) is 0. The van der Waals surface area contributed by atoms with Gasteiger partial charge in [0.15, 0.2) is 0 Å². The lowest BCUT2D eigenvalue weighted by molar-refractivity contribution is 0.632. The van der Waals surface area contributed by atoms with E-state index >= 15 is 0 Å². The van der Waals surface area contributed by atoms with Crippen molar-refractivity contribution in [2.24, 2.45) is 0 Å². The van der Waals surface area contributed by atoms with Crippen molar-refractivity contribution in [3.63, 3.8) is 0 Å². The number of hydrogen-bond acceptors (Lipinski definition) is 2. The second kappa shape index (κ2) is 14.1. The van der Waals surface area contributed by atoms with E-state index in [1.807, 2.05) is 6.07 Å². The zero-order chi connectivity index (χ0) is 38.4. The Labute approximate surface area is 337 Å². The average Bonchev–Trinajstić information content (AvgIpc) is 3.70. The van der Waals surface area contributed by atoms with Gasteiger partial charge in [-0.3, -0.25) is 0 Å². The van der Waals surface area contributed by atoms with Gasteiger partial charge >= 0.3 is 0 Å². The van der Waals surface area contributed by atoms with Crippen LogP contribution in [0, 0.1) is 0 Å². The van der Waals surface area contributed by atoms with Gasteiger partial charge in [0, 0.05) is 33.3 Å². The predicted octanol–water partition coefficient (Wildman–Crippen LogP) is 16.0.